The summed E-state index contributed by atoms with van der Waals surface area (Å²) in [6.07, 6.45) is -5.14. The van der Waals surface area contributed by atoms with E-state index in [-0.39, 0.29) is 12.2 Å². The Morgan fingerprint density at radius 1 is 1.07 bits per heavy atom. The topological polar surface area (TPSA) is 87.7 Å². The molecule has 2 atom stereocenters. The van der Waals surface area contributed by atoms with Crippen LogP contribution in [-0.2, 0) is 15.8 Å². The van der Waals surface area contributed by atoms with E-state index in [9.17, 15) is 27.9 Å². The SMILES string of the molecule is CC1(C)C(O)CC1NC(=O)C(=O)Nc1ccc(Oc2ccccc2)cc1C(F)(F)F. The first kappa shape index (κ1) is 21.6. The maximum absolute atomic E-state index is 13.5. The number of ether oxygens (including phenoxy) is 1. The summed E-state index contributed by atoms with van der Waals surface area (Å²) >= 11 is 0. The van der Waals surface area contributed by atoms with E-state index in [0.717, 1.165) is 12.1 Å². The minimum Gasteiger partial charge on any atom is -0.457 e. The van der Waals surface area contributed by atoms with Crippen molar-refractivity contribution in [2.24, 2.45) is 5.41 Å². The Morgan fingerprint density at radius 2 is 1.73 bits per heavy atom. The Labute approximate surface area is 171 Å². The summed E-state index contributed by atoms with van der Waals surface area (Å²) in [5.41, 5.74) is -2.32. The van der Waals surface area contributed by atoms with Gasteiger partial charge in [-0.25, -0.2) is 0 Å². The summed E-state index contributed by atoms with van der Waals surface area (Å²) in [4.78, 5) is 24.3. The van der Waals surface area contributed by atoms with Gasteiger partial charge < -0.3 is 20.5 Å². The van der Waals surface area contributed by atoms with Crippen molar-refractivity contribution < 1.29 is 32.6 Å². The smallest absolute Gasteiger partial charge is 0.418 e. The van der Waals surface area contributed by atoms with Gasteiger partial charge >= 0.3 is 18.0 Å². The number of halogens is 3. The van der Waals surface area contributed by atoms with Crippen LogP contribution in [0.2, 0.25) is 0 Å². The summed E-state index contributed by atoms with van der Waals surface area (Å²) in [7, 11) is 0. The number of hydrogen-bond donors (Lipinski definition) is 3. The molecule has 1 aliphatic rings. The fraction of sp³-hybridized carbons (Fsp3) is 0.333. The number of nitrogens with one attached hydrogen (secondary N) is 2. The first-order valence-electron chi connectivity index (χ1n) is 9.22. The van der Waals surface area contributed by atoms with Crippen molar-refractivity contribution in [3.8, 4) is 11.5 Å². The van der Waals surface area contributed by atoms with Gasteiger partial charge in [0.05, 0.1) is 17.4 Å². The molecule has 0 radical (unpaired) electrons. The van der Waals surface area contributed by atoms with Crippen molar-refractivity contribution in [2.45, 2.75) is 38.6 Å². The van der Waals surface area contributed by atoms with E-state index in [4.69, 9.17) is 4.74 Å². The van der Waals surface area contributed by atoms with Crippen LogP contribution < -0.4 is 15.4 Å². The van der Waals surface area contributed by atoms with Crippen LogP contribution in [-0.4, -0.2) is 29.1 Å². The minimum absolute atomic E-state index is 0.0684. The fourth-order valence-electron chi connectivity index (χ4n) is 3.11. The third kappa shape index (κ3) is 4.56. The second-order valence-corrected chi connectivity index (χ2v) is 7.67. The highest BCUT2D eigenvalue weighted by atomic mass is 19.4. The lowest BCUT2D eigenvalue weighted by atomic mass is 9.64. The molecule has 3 N–H and O–H groups in total. The quantitative estimate of drug-likeness (QED) is 0.656. The maximum atomic E-state index is 13.5. The fourth-order valence-corrected chi connectivity index (χ4v) is 3.11. The van der Waals surface area contributed by atoms with Crippen molar-refractivity contribution in [3.63, 3.8) is 0 Å². The van der Waals surface area contributed by atoms with Crippen LogP contribution >= 0.6 is 0 Å². The van der Waals surface area contributed by atoms with Gasteiger partial charge in [0.25, 0.3) is 0 Å². The molecule has 0 heterocycles. The molecule has 30 heavy (non-hydrogen) atoms. The van der Waals surface area contributed by atoms with Gasteiger partial charge in [0.1, 0.15) is 11.5 Å². The minimum atomic E-state index is -4.78. The van der Waals surface area contributed by atoms with Gasteiger partial charge in [-0.3, -0.25) is 9.59 Å². The number of hydrogen-bond acceptors (Lipinski definition) is 4. The zero-order valence-corrected chi connectivity index (χ0v) is 16.3. The largest absolute Gasteiger partial charge is 0.457 e. The zero-order chi connectivity index (χ0) is 22.1. The van der Waals surface area contributed by atoms with E-state index in [1.165, 1.54) is 6.07 Å². The van der Waals surface area contributed by atoms with Gasteiger partial charge in [0.15, 0.2) is 0 Å². The normalized spacial score (nSPS) is 20.1. The number of aliphatic hydroxyl groups is 1. The van der Waals surface area contributed by atoms with Crippen molar-refractivity contribution >= 4 is 17.5 Å². The number of amides is 2. The van der Waals surface area contributed by atoms with Crippen LogP contribution in [0.25, 0.3) is 0 Å². The first-order valence-corrected chi connectivity index (χ1v) is 9.22. The lowest BCUT2D eigenvalue weighted by Crippen LogP contribution is -2.62. The van der Waals surface area contributed by atoms with Gasteiger partial charge in [-0.15, -0.1) is 0 Å². The molecule has 6 nitrogen and oxygen atoms in total. The van der Waals surface area contributed by atoms with Gasteiger partial charge in [0, 0.05) is 11.5 Å². The van der Waals surface area contributed by atoms with Crippen molar-refractivity contribution in [1.82, 2.24) is 5.32 Å². The summed E-state index contributed by atoms with van der Waals surface area (Å²) < 4.78 is 45.9. The molecule has 2 unspecified atom stereocenters. The second-order valence-electron chi connectivity index (χ2n) is 7.67. The van der Waals surface area contributed by atoms with Gasteiger partial charge in [0.2, 0.25) is 0 Å². The van der Waals surface area contributed by atoms with E-state index in [2.05, 4.69) is 5.32 Å². The van der Waals surface area contributed by atoms with E-state index in [1.54, 1.807) is 44.2 Å². The molecule has 0 spiro atoms. The third-order valence-electron chi connectivity index (χ3n) is 5.25. The predicted octanol–water partition coefficient (Wildman–Crippen LogP) is 3.71. The molecular formula is C21H21F3N2O4. The number of alkyl halides is 3. The van der Waals surface area contributed by atoms with Crippen LogP contribution in [0, 0.1) is 5.41 Å². The third-order valence-corrected chi connectivity index (χ3v) is 5.25. The average Bonchev–Trinajstić information content (AvgIpc) is 2.68. The molecule has 9 heteroatoms. The van der Waals surface area contributed by atoms with Crippen molar-refractivity contribution in [1.29, 1.82) is 0 Å². The summed E-state index contributed by atoms with van der Waals surface area (Å²) in [6, 6.07) is 10.9. The maximum Gasteiger partial charge on any atom is 0.418 e. The molecule has 0 saturated heterocycles. The lowest BCUT2D eigenvalue weighted by molar-refractivity contribution is -0.141. The van der Waals surface area contributed by atoms with Crippen LogP contribution in [0.5, 0.6) is 11.5 Å². The number of anilines is 1. The molecule has 1 fully saturated rings. The zero-order valence-electron chi connectivity index (χ0n) is 16.3. The monoisotopic (exact) mass is 422 g/mol. The molecule has 0 aromatic heterocycles. The standard InChI is InChI=1S/C21H21F3N2O4/c1-20(2)16(11-17(20)27)26-19(29)18(28)25-15-9-8-13(10-14(15)21(22,23)24)30-12-6-4-3-5-7-12/h3-10,16-17,27H,11H2,1-2H3,(H,25,28)(H,26,29). The molecule has 2 aromatic carbocycles. The summed E-state index contributed by atoms with van der Waals surface area (Å²) in [6.45, 7) is 3.44. The van der Waals surface area contributed by atoms with Crippen LogP contribution in [0.15, 0.2) is 48.5 Å². The average molecular weight is 422 g/mol. The van der Waals surface area contributed by atoms with E-state index in [0.29, 0.717) is 5.75 Å². The molecule has 1 saturated carbocycles. The van der Waals surface area contributed by atoms with E-state index < -0.39 is 46.8 Å². The Bertz CT molecular complexity index is 945. The first-order chi connectivity index (χ1) is 14.0. The highest BCUT2D eigenvalue weighted by Crippen LogP contribution is 2.40. The Kier molecular flexibility index (Phi) is 5.76. The van der Waals surface area contributed by atoms with E-state index in [1.807, 2.05) is 5.32 Å². The molecule has 2 aromatic rings. The highest BCUT2D eigenvalue weighted by Gasteiger charge is 2.48. The summed E-state index contributed by atoms with van der Waals surface area (Å²) in [5, 5.41) is 14.2. The molecule has 0 bridgehead atoms. The number of rotatable bonds is 4. The Balaban J connectivity index is 1.74. The van der Waals surface area contributed by atoms with Crippen LogP contribution in [0.3, 0.4) is 0 Å². The highest BCUT2D eigenvalue weighted by molar-refractivity contribution is 6.39. The Hall–Kier alpha value is -3.07. The summed E-state index contributed by atoms with van der Waals surface area (Å²) in [5.74, 6) is -2.01. The molecule has 0 aliphatic heterocycles. The molecule has 160 valence electrons. The van der Waals surface area contributed by atoms with Crippen molar-refractivity contribution in [2.75, 3.05) is 5.32 Å². The molecular weight excluding hydrogens is 401 g/mol. The number of carbonyl (C=O) groups excluding carboxylic acids is 2. The number of para-hydroxylation sites is 1. The molecule has 1 aliphatic carbocycles. The number of aliphatic hydroxyl groups excluding tert-OH is 1. The van der Waals surface area contributed by atoms with Gasteiger partial charge in [-0.05, 0) is 36.8 Å². The number of benzene rings is 2. The van der Waals surface area contributed by atoms with Crippen molar-refractivity contribution in [3.05, 3.63) is 54.1 Å². The van der Waals surface area contributed by atoms with E-state index >= 15 is 0 Å². The lowest BCUT2D eigenvalue weighted by Gasteiger charge is -2.49. The molecule has 3 rings (SSSR count). The van der Waals surface area contributed by atoms with Gasteiger partial charge in [-0.1, -0.05) is 32.0 Å². The van der Waals surface area contributed by atoms with Crippen LogP contribution in [0.1, 0.15) is 25.8 Å². The van der Waals surface area contributed by atoms with Crippen LogP contribution in [0.4, 0.5) is 18.9 Å². The predicted molar refractivity (Wildman–Crippen MR) is 103 cm³/mol. The second kappa shape index (κ2) is 7.98. The number of carbonyl (C=O) groups is 2. The van der Waals surface area contributed by atoms with Gasteiger partial charge in [-0.2, -0.15) is 13.2 Å². The molecule has 2 amide bonds. The Morgan fingerprint density at radius 3 is 2.30 bits per heavy atom.